The molecule has 5 nitrogen and oxygen atoms in total. The van der Waals surface area contributed by atoms with Gasteiger partial charge in [-0.2, -0.15) is 0 Å². The van der Waals surface area contributed by atoms with Crippen LogP contribution in [-0.4, -0.2) is 22.8 Å². The van der Waals surface area contributed by atoms with E-state index in [2.05, 4.69) is 15.6 Å². The number of rotatable bonds is 5. The summed E-state index contributed by atoms with van der Waals surface area (Å²) < 4.78 is 0. The summed E-state index contributed by atoms with van der Waals surface area (Å²) in [5.74, 6) is -0.0749. The van der Waals surface area contributed by atoms with E-state index in [1.807, 2.05) is 12.1 Å². The van der Waals surface area contributed by atoms with Crippen LogP contribution in [0, 0.1) is 5.92 Å². The Kier molecular flexibility index (Phi) is 5.72. The second kappa shape index (κ2) is 7.76. The maximum Gasteiger partial charge on any atom is 0.242 e. The predicted molar refractivity (Wildman–Crippen MR) is 80.3 cm³/mol. The summed E-state index contributed by atoms with van der Waals surface area (Å²) in [5, 5.41) is 5.63. The van der Waals surface area contributed by atoms with Crippen LogP contribution in [0.25, 0.3) is 0 Å². The van der Waals surface area contributed by atoms with Crippen molar-refractivity contribution in [2.24, 2.45) is 5.92 Å². The predicted octanol–water partition coefficient (Wildman–Crippen LogP) is 1.78. The molecule has 1 heterocycles. The first-order valence-corrected chi connectivity index (χ1v) is 7.64. The molecule has 114 valence electrons. The van der Waals surface area contributed by atoms with Gasteiger partial charge in [-0.3, -0.25) is 14.6 Å². The Morgan fingerprint density at radius 1 is 1.33 bits per heavy atom. The Bertz CT molecular complexity index is 470. The molecule has 1 fully saturated rings. The summed E-state index contributed by atoms with van der Waals surface area (Å²) in [6.45, 7) is 2.15. The van der Waals surface area contributed by atoms with Crippen LogP contribution < -0.4 is 10.6 Å². The smallest absolute Gasteiger partial charge is 0.242 e. The van der Waals surface area contributed by atoms with E-state index in [1.165, 1.54) is 6.42 Å². The van der Waals surface area contributed by atoms with Gasteiger partial charge in [0.15, 0.2) is 0 Å². The molecule has 1 saturated carbocycles. The van der Waals surface area contributed by atoms with E-state index < -0.39 is 6.04 Å². The van der Waals surface area contributed by atoms with Gasteiger partial charge in [-0.05, 0) is 31.4 Å². The number of hydrogen-bond donors (Lipinski definition) is 2. The average Bonchev–Trinajstić information content (AvgIpc) is 2.54. The third kappa shape index (κ3) is 4.85. The van der Waals surface area contributed by atoms with Crippen LogP contribution in [0.4, 0.5) is 0 Å². The fourth-order valence-corrected chi connectivity index (χ4v) is 2.61. The quantitative estimate of drug-likeness (QED) is 0.868. The zero-order chi connectivity index (χ0) is 15.1. The second-order valence-electron chi connectivity index (χ2n) is 5.64. The molecule has 0 saturated heterocycles. The van der Waals surface area contributed by atoms with Crippen molar-refractivity contribution in [2.45, 2.75) is 51.6 Å². The van der Waals surface area contributed by atoms with Crippen LogP contribution in [0.5, 0.6) is 0 Å². The molecule has 5 heteroatoms. The number of carbonyl (C=O) groups is 2. The number of nitrogens with one attached hydrogen (secondary N) is 2. The molecule has 21 heavy (non-hydrogen) atoms. The van der Waals surface area contributed by atoms with Crippen molar-refractivity contribution in [1.29, 1.82) is 0 Å². The molecular formula is C16H23N3O2. The van der Waals surface area contributed by atoms with Gasteiger partial charge in [0, 0.05) is 24.9 Å². The van der Waals surface area contributed by atoms with Crippen molar-refractivity contribution in [3.8, 4) is 0 Å². The largest absolute Gasteiger partial charge is 0.350 e. The maximum absolute atomic E-state index is 12.1. The summed E-state index contributed by atoms with van der Waals surface area (Å²) in [4.78, 5) is 28.1. The molecule has 0 aliphatic heterocycles. The first-order valence-electron chi connectivity index (χ1n) is 7.64. The number of hydrogen-bond acceptors (Lipinski definition) is 3. The highest BCUT2D eigenvalue weighted by molar-refractivity contribution is 5.88. The van der Waals surface area contributed by atoms with Gasteiger partial charge in [-0.1, -0.05) is 25.3 Å². The number of aromatic nitrogens is 1. The lowest BCUT2D eigenvalue weighted by molar-refractivity contribution is -0.131. The van der Waals surface area contributed by atoms with Gasteiger partial charge in [0.05, 0.1) is 0 Å². The van der Waals surface area contributed by atoms with E-state index in [9.17, 15) is 9.59 Å². The van der Waals surface area contributed by atoms with Crippen LogP contribution >= 0.6 is 0 Å². The van der Waals surface area contributed by atoms with E-state index in [0.29, 0.717) is 6.54 Å². The topological polar surface area (TPSA) is 71.1 Å². The zero-order valence-corrected chi connectivity index (χ0v) is 12.5. The van der Waals surface area contributed by atoms with Gasteiger partial charge in [-0.15, -0.1) is 0 Å². The van der Waals surface area contributed by atoms with Gasteiger partial charge >= 0.3 is 0 Å². The summed E-state index contributed by atoms with van der Waals surface area (Å²) >= 11 is 0. The van der Waals surface area contributed by atoms with Crippen LogP contribution in [0.15, 0.2) is 24.5 Å². The Morgan fingerprint density at radius 2 is 2.10 bits per heavy atom. The third-order valence-electron chi connectivity index (χ3n) is 3.92. The van der Waals surface area contributed by atoms with Crippen LogP contribution in [0.2, 0.25) is 0 Å². The molecule has 2 amide bonds. The normalized spacial score (nSPS) is 17.0. The van der Waals surface area contributed by atoms with Crippen molar-refractivity contribution in [1.82, 2.24) is 15.6 Å². The highest BCUT2D eigenvalue weighted by atomic mass is 16.2. The minimum absolute atomic E-state index is 0.0127. The van der Waals surface area contributed by atoms with Gasteiger partial charge in [0.2, 0.25) is 11.8 Å². The van der Waals surface area contributed by atoms with Crippen molar-refractivity contribution in [3.63, 3.8) is 0 Å². The molecule has 0 unspecified atom stereocenters. The van der Waals surface area contributed by atoms with Gasteiger partial charge in [0.25, 0.3) is 0 Å². The van der Waals surface area contributed by atoms with E-state index in [4.69, 9.17) is 0 Å². The van der Waals surface area contributed by atoms with Gasteiger partial charge in [0.1, 0.15) is 6.04 Å². The summed E-state index contributed by atoms with van der Waals surface area (Å²) in [7, 11) is 0. The number of nitrogens with zero attached hydrogens (tertiary/aromatic N) is 1. The van der Waals surface area contributed by atoms with Crippen LogP contribution in [-0.2, 0) is 16.1 Å². The second-order valence-corrected chi connectivity index (χ2v) is 5.64. The highest BCUT2D eigenvalue weighted by Crippen LogP contribution is 2.23. The van der Waals surface area contributed by atoms with Crippen LogP contribution in [0.1, 0.15) is 44.6 Å². The van der Waals surface area contributed by atoms with Crippen molar-refractivity contribution < 1.29 is 9.59 Å². The number of amides is 2. The van der Waals surface area contributed by atoms with Crippen molar-refractivity contribution in [2.75, 3.05) is 0 Å². The summed E-state index contributed by atoms with van der Waals surface area (Å²) in [5.41, 5.74) is 0.941. The average molecular weight is 289 g/mol. The Balaban J connectivity index is 1.75. The first-order chi connectivity index (χ1) is 10.2. The Labute approximate surface area is 125 Å². The minimum Gasteiger partial charge on any atom is -0.350 e. The molecule has 0 radical (unpaired) electrons. The van der Waals surface area contributed by atoms with E-state index >= 15 is 0 Å². The highest BCUT2D eigenvalue weighted by Gasteiger charge is 2.24. The molecule has 0 aromatic carbocycles. The summed E-state index contributed by atoms with van der Waals surface area (Å²) in [6, 6.07) is 3.23. The van der Waals surface area contributed by atoms with E-state index in [1.54, 1.807) is 19.3 Å². The molecule has 1 atom stereocenters. The van der Waals surface area contributed by atoms with E-state index in [-0.39, 0.29) is 17.7 Å². The minimum atomic E-state index is -0.504. The van der Waals surface area contributed by atoms with Gasteiger partial charge < -0.3 is 10.6 Å². The zero-order valence-electron chi connectivity index (χ0n) is 12.5. The third-order valence-corrected chi connectivity index (χ3v) is 3.92. The molecule has 2 rings (SSSR count). The Morgan fingerprint density at radius 3 is 2.76 bits per heavy atom. The molecule has 1 aliphatic carbocycles. The Hall–Kier alpha value is -1.91. The van der Waals surface area contributed by atoms with Crippen molar-refractivity contribution >= 4 is 11.8 Å². The molecule has 2 N–H and O–H groups in total. The molecule has 1 aromatic rings. The summed E-state index contributed by atoms with van der Waals surface area (Å²) in [6.07, 6.45) is 8.72. The lowest BCUT2D eigenvalue weighted by Gasteiger charge is -2.23. The first kappa shape index (κ1) is 15.5. The number of pyridine rings is 1. The molecule has 0 bridgehead atoms. The number of carbonyl (C=O) groups excluding carboxylic acids is 2. The molecule has 1 aliphatic rings. The lowest BCUT2D eigenvalue weighted by Crippen LogP contribution is -2.46. The fourth-order valence-electron chi connectivity index (χ4n) is 2.61. The lowest BCUT2D eigenvalue weighted by atomic mass is 9.88. The van der Waals surface area contributed by atoms with Crippen LogP contribution in [0.3, 0.4) is 0 Å². The molecule has 0 spiro atoms. The fraction of sp³-hybridized carbons (Fsp3) is 0.562. The SMILES string of the molecule is C[C@H](NC(=O)C1CCCCC1)C(=O)NCc1cccnc1. The maximum atomic E-state index is 12.1. The van der Waals surface area contributed by atoms with E-state index in [0.717, 1.165) is 31.2 Å². The standard InChI is InChI=1S/C16H23N3O2/c1-12(19-16(21)14-7-3-2-4-8-14)15(20)18-11-13-6-5-9-17-10-13/h5-6,9-10,12,14H,2-4,7-8,11H2,1H3,(H,18,20)(H,19,21)/t12-/m0/s1. The molecular weight excluding hydrogens is 266 g/mol. The van der Waals surface area contributed by atoms with Crippen molar-refractivity contribution in [3.05, 3.63) is 30.1 Å². The van der Waals surface area contributed by atoms with Gasteiger partial charge in [-0.25, -0.2) is 0 Å². The monoisotopic (exact) mass is 289 g/mol. The molecule has 1 aromatic heterocycles.